The molecule has 3 aromatic rings. The second-order valence-electron chi connectivity index (χ2n) is 10.8. The number of hydrogen-bond acceptors (Lipinski definition) is 8. The number of anilines is 1. The van der Waals surface area contributed by atoms with Crippen molar-refractivity contribution < 1.29 is 28.6 Å². The van der Waals surface area contributed by atoms with Crippen molar-refractivity contribution in [1.29, 1.82) is 0 Å². The number of pyridine rings is 1. The number of nitrogens with zero attached hydrogens (tertiary/aromatic N) is 2. The monoisotopic (exact) mass is 603 g/mol. The molecular weight excluding hydrogens is 566 g/mol. The number of alkyl halides is 1. The number of methoxy groups -OCH3 is 1. The average Bonchev–Trinajstić information content (AvgIpc) is 3.19. The zero-order valence-electron chi connectivity index (χ0n) is 23.9. The number of benzene rings is 1. The lowest BCUT2D eigenvalue weighted by Crippen LogP contribution is -2.26. The molecule has 0 saturated heterocycles. The third kappa shape index (κ3) is 10.7. The van der Waals surface area contributed by atoms with Gasteiger partial charge in [0, 0.05) is 23.7 Å². The Morgan fingerprint density at radius 2 is 1.51 bits per heavy atom. The molecule has 0 saturated carbocycles. The first-order chi connectivity index (χ1) is 18.1. The number of ketones is 1. The minimum absolute atomic E-state index is 0.0179. The Morgan fingerprint density at radius 1 is 0.923 bits per heavy atom. The Balaban J connectivity index is 0.000000510. The van der Waals surface area contributed by atoms with Gasteiger partial charge in [0.05, 0.1) is 7.11 Å². The number of aromatic nitrogens is 2. The zero-order chi connectivity index (χ0) is 29.4. The van der Waals surface area contributed by atoms with Crippen LogP contribution in [-0.2, 0) is 32.2 Å². The van der Waals surface area contributed by atoms with Crippen molar-refractivity contribution in [2.24, 2.45) is 0 Å². The van der Waals surface area contributed by atoms with E-state index in [2.05, 4.69) is 26.2 Å². The van der Waals surface area contributed by atoms with Gasteiger partial charge in [-0.3, -0.25) is 14.4 Å². The Kier molecular flexibility index (Phi) is 11.1. The number of Topliss-reactive ketones (excluding diaryl/α,β-unsaturated/α-hetero) is 1. The maximum Gasteiger partial charge on any atom is 0.326 e. The molecule has 0 aliphatic carbocycles. The van der Waals surface area contributed by atoms with Crippen LogP contribution < -0.4 is 10.1 Å². The summed E-state index contributed by atoms with van der Waals surface area (Å²) in [5.41, 5.74) is 1.23. The van der Waals surface area contributed by atoms with Crippen molar-refractivity contribution in [3.63, 3.8) is 0 Å². The molecule has 0 aliphatic heterocycles. The van der Waals surface area contributed by atoms with E-state index in [9.17, 15) is 14.4 Å². The van der Waals surface area contributed by atoms with E-state index in [4.69, 9.17) is 14.2 Å². The van der Waals surface area contributed by atoms with Crippen molar-refractivity contribution >= 4 is 50.5 Å². The molecule has 0 aliphatic rings. The van der Waals surface area contributed by atoms with Crippen LogP contribution in [0.1, 0.15) is 64.4 Å². The number of hydrogen-bond donors (Lipinski definition) is 1. The fraction of sp³-hybridized carbons (Fsp3) is 0.448. The van der Waals surface area contributed by atoms with E-state index in [1.807, 2.05) is 77.9 Å². The van der Waals surface area contributed by atoms with Gasteiger partial charge in [0.15, 0.2) is 5.78 Å². The van der Waals surface area contributed by atoms with Crippen molar-refractivity contribution in [2.75, 3.05) is 17.8 Å². The van der Waals surface area contributed by atoms with Gasteiger partial charge in [-0.2, -0.15) is 0 Å². The standard InChI is InChI=1S/C23H27N3O4.C6H11BrO2/c1-15(27)19-13-26(14-21(28)30-23(2,3)4)22-18(19)10-11-20(25-22)24-12-16-6-8-17(29-5)9-7-16;1-6(2,3)9-5(8)4-7/h6-11,13H,12,14H2,1-5H3,(H,24,25);4H2,1-3H3. The largest absolute Gasteiger partial charge is 0.497 e. The fourth-order valence-electron chi connectivity index (χ4n) is 3.48. The van der Waals surface area contributed by atoms with Crippen LogP contribution in [0.2, 0.25) is 0 Å². The molecule has 0 fully saturated rings. The number of carbonyl (C=O) groups excluding carboxylic acids is 3. The summed E-state index contributed by atoms with van der Waals surface area (Å²) in [6, 6.07) is 11.4. The van der Waals surface area contributed by atoms with Gasteiger partial charge in [-0.15, -0.1) is 0 Å². The molecule has 212 valence electrons. The highest BCUT2D eigenvalue weighted by Gasteiger charge is 2.20. The lowest BCUT2D eigenvalue weighted by atomic mass is 10.1. The van der Waals surface area contributed by atoms with Crippen molar-refractivity contribution in [3.8, 4) is 5.75 Å². The highest BCUT2D eigenvalue weighted by atomic mass is 79.9. The second-order valence-corrected chi connectivity index (χ2v) is 11.4. The van der Waals surface area contributed by atoms with Crippen molar-refractivity contribution in [1.82, 2.24) is 9.55 Å². The zero-order valence-corrected chi connectivity index (χ0v) is 25.5. The maximum absolute atomic E-state index is 12.3. The van der Waals surface area contributed by atoms with Gasteiger partial charge in [0.25, 0.3) is 0 Å². The number of halogens is 1. The first-order valence-corrected chi connectivity index (χ1v) is 13.6. The van der Waals surface area contributed by atoms with E-state index in [-0.39, 0.29) is 35.2 Å². The van der Waals surface area contributed by atoms with Crippen LogP contribution in [0.25, 0.3) is 11.0 Å². The summed E-state index contributed by atoms with van der Waals surface area (Å²) in [5, 5.41) is 4.26. The van der Waals surface area contributed by atoms with Crippen molar-refractivity contribution in [3.05, 3.63) is 53.7 Å². The van der Waals surface area contributed by atoms with Gasteiger partial charge >= 0.3 is 11.9 Å². The SMILES string of the molecule is CC(C)(C)OC(=O)CBr.COc1ccc(CNc2ccc3c(C(C)=O)cn(CC(=O)OC(C)(C)C)c3n2)cc1. The molecule has 39 heavy (non-hydrogen) atoms. The smallest absolute Gasteiger partial charge is 0.326 e. The molecule has 0 atom stereocenters. The quantitative estimate of drug-likeness (QED) is 0.192. The van der Waals surface area contributed by atoms with E-state index in [1.54, 1.807) is 17.9 Å². The molecule has 0 bridgehead atoms. The number of nitrogens with one attached hydrogen (secondary N) is 1. The third-order valence-electron chi connectivity index (χ3n) is 4.98. The normalized spacial score (nSPS) is 11.3. The molecule has 3 rings (SSSR count). The molecule has 0 unspecified atom stereocenters. The topological polar surface area (TPSA) is 109 Å². The minimum atomic E-state index is -0.581. The predicted molar refractivity (Wildman–Crippen MR) is 156 cm³/mol. The summed E-state index contributed by atoms with van der Waals surface area (Å²) in [5.74, 6) is 0.770. The summed E-state index contributed by atoms with van der Waals surface area (Å²) in [6.45, 7) is 13.0. The van der Waals surface area contributed by atoms with Crippen molar-refractivity contribution in [2.45, 2.75) is 72.8 Å². The molecule has 0 amide bonds. The number of carbonyl (C=O) groups is 3. The maximum atomic E-state index is 12.3. The Hall–Kier alpha value is -3.40. The highest BCUT2D eigenvalue weighted by molar-refractivity contribution is 9.09. The first kappa shape index (κ1) is 31.8. The molecular formula is C29H38BrN3O6. The van der Waals surface area contributed by atoms with Crippen LogP contribution in [0.4, 0.5) is 5.82 Å². The summed E-state index contributed by atoms with van der Waals surface area (Å²) in [7, 11) is 1.63. The molecule has 9 nitrogen and oxygen atoms in total. The lowest BCUT2D eigenvalue weighted by Gasteiger charge is -2.19. The Labute approximate surface area is 238 Å². The van der Waals surface area contributed by atoms with Gasteiger partial charge in [-0.05, 0) is 78.3 Å². The van der Waals surface area contributed by atoms with Crippen LogP contribution >= 0.6 is 15.9 Å². The fourth-order valence-corrected chi connectivity index (χ4v) is 3.60. The number of rotatable bonds is 8. The lowest BCUT2D eigenvalue weighted by molar-refractivity contribution is -0.155. The molecule has 0 spiro atoms. The van der Waals surface area contributed by atoms with Gasteiger partial charge in [-0.25, -0.2) is 4.98 Å². The third-order valence-corrected chi connectivity index (χ3v) is 5.44. The van der Waals surface area contributed by atoms with E-state index in [0.29, 0.717) is 29.0 Å². The van der Waals surface area contributed by atoms with Gasteiger partial charge in [-0.1, -0.05) is 28.1 Å². The predicted octanol–water partition coefficient (Wildman–Crippen LogP) is 5.92. The second kappa shape index (κ2) is 13.6. The van der Waals surface area contributed by atoms with Gasteiger partial charge < -0.3 is 24.1 Å². The van der Waals surface area contributed by atoms with Crippen LogP contribution in [-0.4, -0.2) is 50.9 Å². The Morgan fingerprint density at radius 3 is 2.00 bits per heavy atom. The molecule has 2 aromatic heterocycles. The van der Waals surface area contributed by atoms with Gasteiger partial charge in [0.1, 0.15) is 40.3 Å². The van der Waals surface area contributed by atoms with Crippen LogP contribution in [0.3, 0.4) is 0 Å². The Bertz CT molecular complexity index is 1290. The van der Waals surface area contributed by atoms with Crippen LogP contribution in [0.5, 0.6) is 5.75 Å². The summed E-state index contributed by atoms with van der Waals surface area (Å²) in [4.78, 5) is 39.6. The molecule has 2 heterocycles. The highest BCUT2D eigenvalue weighted by Crippen LogP contribution is 2.23. The number of esters is 2. The van der Waals surface area contributed by atoms with E-state index in [0.717, 1.165) is 11.3 Å². The number of fused-ring (bicyclic) bond motifs is 1. The van der Waals surface area contributed by atoms with Gasteiger partial charge in [0.2, 0.25) is 0 Å². The molecule has 10 heteroatoms. The number of ether oxygens (including phenoxy) is 3. The molecule has 1 aromatic carbocycles. The minimum Gasteiger partial charge on any atom is -0.497 e. The van der Waals surface area contributed by atoms with E-state index in [1.165, 1.54) is 6.92 Å². The molecule has 0 radical (unpaired) electrons. The van der Waals surface area contributed by atoms with E-state index >= 15 is 0 Å². The average molecular weight is 605 g/mol. The van der Waals surface area contributed by atoms with E-state index < -0.39 is 5.60 Å². The summed E-state index contributed by atoms with van der Waals surface area (Å²) >= 11 is 2.99. The first-order valence-electron chi connectivity index (χ1n) is 12.5. The summed E-state index contributed by atoms with van der Waals surface area (Å²) < 4.78 is 17.2. The molecule has 1 N–H and O–H groups in total. The summed E-state index contributed by atoms with van der Waals surface area (Å²) in [6.07, 6.45) is 1.66. The van der Waals surface area contributed by atoms with Crippen LogP contribution in [0, 0.1) is 0 Å². The van der Waals surface area contributed by atoms with Crippen LogP contribution in [0.15, 0.2) is 42.6 Å².